The first-order valence-corrected chi connectivity index (χ1v) is 5.54. The second kappa shape index (κ2) is 4.43. The Morgan fingerprint density at radius 3 is 2.65 bits per heavy atom. The fraction of sp³-hybridized carbons (Fsp3) is 1.00. The number of rotatable bonds is 4. The number of hydrogen-bond donors (Lipinski definition) is 2. The van der Waals surface area contributed by atoms with Crippen LogP contribution in [0.4, 0.5) is 0 Å². The molecule has 0 saturated carbocycles. The predicted molar refractivity (Wildman–Crippen MR) is 55.7 cm³/mol. The molecule has 0 aliphatic carbocycles. The zero-order chi connectivity index (χ0) is 12.7. The Hall–Kier alpha value is -0.280. The third-order valence-electron chi connectivity index (χ3n) is 2.92. The fourth-order valence-electron chi connectivity index (χ4n) is 2.31. The maximum Gasteiger partial charge on any atom is 0.228 e. The van der Waals surface area contributed by atoms with Gasteiger partial charge < -0.3 is 25.1 Å². The SMILES string of the molecule is COOC[C@@]12OC(CN)[C@@H](O)[C@@H]1OC(C)(C)O2. The number of hydrogen-bond acceptors (Lipinski definition) is 7. The molecule has 2 saturated heterocycles. The van der Waals surface area contributed by atoms with Crippen LogP contribution in [0.5, 0.6) is 0 Å². The molecule has 100 valence electrons. The van der Waals surface area contributed by atoms with E-state index in [-0.39, 0.29) is 13.2 Å². The number of nitrogens with two attached hydrogens (primary N) is 1. The summed E-state index contributed by atoms with van der Waals surface area (Å²) in [7, 11) is 1.39. The summed E-state index contributed by atoms with van der Waals surface area (Å²) in [5, 5.41) is 10.0. The van der Waals surface area contributed by atoms with E-state index in [0.29, 0.717) is 0 Å². The molecule has 0 radical (unpaired) electrons. The van der Waals surface area contributed by atoms with Gasteiger partial charge in [0.2, 0.25) is 5.79 Å². The van der Waals surface area contributed by atoms with Crippen LogP contribution in [-0.2, 0) is 24.0 Å². The van der Waals surface area contributed by atoms with Gasteiger partial charge in [0.15, 0.2) is 5.79 Å². The molecule has 3 N–H and O–H groups in total. The van der Waals surface area contributed by atoms with Crippen molar-refractivity contribution in [2.24, 2.45) is 5.73 Å². The Labute approximate surface area is 99.6 Å². The summed E-state index contributed by atoms with van der Waals surface area (Å²) in [4.78, 5) is 9.43. The molecular formula is C10H19NO6. The van der Waals surface area contributed by atoms with Crippen LogP contribution in [0.25, 0.3) is 0 Å². The molecule has 2 aliphatic rings. The first-order valence-electron chi connectivity index (χ1n) is 5.54. The molecule has 2 fully saturated rings. The minimum atomic E-state index is -1.16. The van der Waals surface area contributed by atoms with Crippen molar-refractivity contribution in [2.45, 2.75) is 43.7 Å². The average molecular weight is 249 g/mol. The van der Waals surface area contributed by atoms with Crippen LogP contribution in [-0.4, -0.2) is 55.3 Å². The smallest absolute Gasteiger partial charge is 0.228 e. The molecule has 0 amide bonds. The highest BCUT2D eigenvalue weighted by molar-refractivity contribution is 5.02. The van der Waals surface area contributed by atoms with Crippen molar-refractivity contribution < 1.29 is 29.1 Å². The summed E-state index contributed by atoms with van der Waals surface area (Å²) in [6.45, 7) is 3.67. The number of aliphatic hydroxyl groups is 1. The zero-order valence-electron chi connectivity index (χ0n) is 10.2. The third-order valence-corrected chi connectivity index (χ3v) is 2.92. The summed E-state index contributed by atoms with van der Waals surface area (Å²) < 4.78 is 17.0. The van der Waals surface area contributed by atoms with E-state index in [1.807, 2.05) is 0 Å². The summed E-state index contributed by atoms with van der Waals surface area (Å²) in [6, 6.07) is 0. The molecule has 7 heteroatoms. The summed E-state index contributed by atoms with van der Waals surface area (Å²) in [6.07, 6.45) is -2.01. The highest BCUT2D eigenvalue weighted by Gasteiger charge is 2.64. The molecule has 0 bridgehead atoms. The summed E-state index contributed by atoms with van der Waals surface area (Å²) >= 11 is 0. The fourth-order valence-corrected chi connectivity index (χ4v) is 2.31. The van der Waals surface area contributed by atoms with Crippen molar-refractivity contribution in [1.29, 1.82) is 0 Å². The maximum absolute atomic E-state index is 10.0. The molecular weight excluding hydrogens is 230 g/mol. The van der Waals surface area contributed by atoms with E-state index in [1.54, 1.807) is 13.8 Å². The van der Waals surface area contributed by atoms with Gasteiger partial charge in [0.25, 0.3) is 0 Å². The van der Waals surface area contributed by atoms with E-state index in [1.165, 1.54) is 7.11 Å². The number of fused-ring (bicyclic) bond motifs is 1. The minimum Gasteiger partial charge on any atom is -0.387 e. The lowest BCUT2D eigenvalue weighted by Gasteiger charge is -2.27. The molecule has 0 aromatic heterocycles. The van der Waals surface area contributed by atoms with Gasteiger partial charge in [0.1, 0.15) is 24.9 Å². The lowest BCUT2D eigenvalue weighted by molar-refractivity contribution is -0.348. The predicted octanol–water partition coefficient (Wildman–Crippen LogP) is -0.869. The van der Waals surface area contributed by atoms with Crippen LogP contribution in [0, 0.1) is 0 Å². The Morgan fingerprint density at radius 1 is 1.35 bits per heavy atom. The summed E-state index contributed by atoms with van der Waals surface area (Å²) in [5.41, 5.74) is 5.51. The van der Waals surface area contributed by atoms with Crippen molar-refractivity contribution in [1.82, 2.24) is 0 Å². The summed E-state index contributed by atoms with van der Waals surface area (Å²) in [5.74, 6) is -2.01. The van der Waals surface area contributed by atoms with E-state index < -0.39 is 29.9 Å². The van der Waals surface area contributed by atoms with Crippen molar-refractivity contribution >= 4 is 0 Å². The lowest BCUT2D eigenvalue weighted by atomic mass is 10.1. The van der Waals surface area contributed by atoms with Gasteiger partial charge in [-0.25, -0.2) is 9.78 Å². The van der Waals surface area contributed by atoms with Crippen LogP contribution < -0.4 is 5.73 Å². The quantitative estimate of drug-likeness (QED) is 0.494. The van der Waals surface area contributed by atoms with Crippen LogP contribution in [0.3, 0.4) is 0 Å². The first-order chi connectivity index (χ1) is 7.94. The van der Waals surface area contributed by atoms with Crippen molar-refractivity contribution in [3.63, 3.8) is 0 Å². The maximum atomic E-state index is 10.0. The highest BCUT2D eigenvalue weighted by Crippen LogP contribution is 2.45. The van der Waals surface area contributed by atoms with Crippen molar-refractivity contribution in [3.8, 4) is 0 Å². The minimum absolute atomic E-state index is 0.00512. The van der Waals surface area contributed by atoms with E-state index in [2.05, 4.69) is 4.89 Å². The molecule has 0 aromatic carbocycles. The van der Waals surface area contributed by atoms with E-state index in [4.69, 9.17) is 24.8 Å². The second-order valence-electron chi connectivity index (χ2n) is 4.66. The van der Waals surface area contributed by atoms with Crippen LogP contribution in [0.1, 0.15) is 13.8 Å². The van der Waals surface area contributed by atoms with Gasteiger partial charge in [0.05, 0.1) is 7.11 Å². The van der Waals surface area contributed by atoms with E-state index in [0.717, 1.165) is 0 Å². The molecule has 2 heterocycles. The molecule has 0 spiro atoms. The normalized spacial score (nSPS) is 43.9. The van der Waals surface area contributed by atoms with Crippen molar-refractivity contribution in [2.75, 3.05) is 20.3 Å². The Balaban J connectivity index is 2.18. The Morgan fingerprint density at radius 2 is 2.06 bits per heavy atom. The molecule has 4 atom stereocenters. The number of ether oxygens (including phenoxy) is 3. The van der Waals surface area contributed by atoms with Gasteiger partial charge in [-0.1, -0.05) is 0 Å². The zero-order valence-corrected chi connectivity index (χ0v) is 10.2. The molecule has 1 unspecified atom stereocenters. The Kier molecular flexibility index (Phi) is 3.43. The second-order valence-corrected chi connectivity index (χ2v) is 4.66. The van der Waals surface area contributed by atoms with Gasteiger partial charge in [-0.15, -0.1) is 0 Å². The van der Waals surface area contributed by atoms with Crippen LogP contribution in [0.2, 0.25) is 0 Å². The topological polar surface area (TPSA) is 92.4 Å². The lowest BCUT2D eigenvalue weighted by Crippen LogP contribution is -2.44. The van der Waals surface area contributed by atoms with E-state index >= 15 is 0 Å². The molecule has 2 aliphatic heterocycles. The highest BCUT2D eigenvalue weighted by atomic mass is 17.2. The monoisotopic (exact) mass is 249 g/mol. The van der Waals surface area contributed by atoms with Gasteiger partial charge >= 0.3 is 0 Å². The van der Waals surface area contributed by atoms with Crippen LogP contribution >= 0.6 is 0 Å². The molecule has 17 heavy (non-hydrogen) atoms. The third kappa shape index (κ3) is 2.19. The standard InChI is InChI=1S/C10H19NO6/c1-9(2)16-8-7(12)6(4-11)15-10(8,17-9)5-14-13-3/h6-8,12H,4-5,11H2,1-3H3/t6?,7-,8+,10+/m1/s1. The largest absolute Gasteiger partial charge is 0.387 e. The van der Waals surface area contributed by atoms with Crippen LogP contribution in [0.15, 0.2) is 0 Å². The molecule has 2 rings (SSSR count). The Bertz CT molecular complexity index is 286. The van der Waals surface area contributed by atoms with Gasteiger partial charge in [-0.05, 0) is 13.8 Å². The van der Waals surface area contributed by atoms with Gasteiger partial charge in [-0.3, -0.25) is 0 Å². The van der Waals surface area contributed by atoms with E-state index in [9.17, 15) is 5.11 Å². The van der Waals surface area contributed by atoms with Gasteiger partial charge in [0, 0.05) is 6.54 Å². The van der Waals surface area contributed by atoms with Crippen molar-refractivity contribution in [3.05, 3.63) is 0 Å². The average Bonchev–Trinajstić information content (AvgIpc) is 2.66. The first kappa shape index (κ1) is 13.2. The van der Waals surface area contributed by atoms with Gasteiger partial charge in [-0.2, -0.15) is 0 Å². The molecule has 7 nitrogen and oxygen atoms in total. The number of aliphatic hydroxyl groups excluding tert-OH is 1. The molecule has 0 aromatic rings.